The Kier molecular flexibility index (Phi) is 8.98. The van der Waals surface area contributed by atoms with E-state index >= 15 is 26.3 Å². The summed E-state index contributed by atoms with van der Waals surface area (Å²) in [6.45, 7) is -1.59. The summed E-state index contributed by atoms with van der Waals surface area (Å²) in [5.41, 5.74) is -14.5. The molecule has 51 heavy (non-hydrogen) atoms. The van der Waals surface area contributed by atoms with Crippen LogP contribution in [-0.4, -0.2) is 32.9 Å². The second kappa shape index (κ2) is 12.1. The van der Waals surface area contributed by atoms with Gasteiger partial charge in [-0.1, -0.05) is 13.8 Å². The van der Waals surface area contributed by atoms with E-state index in [0.717, 1.165) is 13.8 Å². The quantitative estimate of drug-likeness (QED) is 0.0695. The zero-order valence-electron chi connectivity index (χ0n) is 25.9. The molecule has 3 atom stereocenters. The number of esters is 2. The second-order valence-electron chi connectivity index (χ2n) is 12.7. The average molecular weight is 750 g/mol. The standard InChI is InChI=1S/C31H18BF15O4/c1-29(2)7-5-30(27(48)50-3,28(49)51-4)6-31(7,29)26(8-11(33)17(39)23(45)18(40)12(8)34)32(9-13(35)19(41)24(46)20(42)14(9)36)10-15(37)21(43)25(47)22(44)16(10)38/h7,26H,5-6H2,1-4H3. The summed E-state index contributed by atoms with van der Waals surface area (Å²) in [5.74, 6) is -52.2. The summed E-state index contributed by atoms with van der Waals surface area (Å²) in [6.07, 6.45) is -2.16. The van der Waals surface area contributed by atoms with Gasteiger partial charge in [0.15, 0.2) is 86.9 Å². The highest BCUT2D eigenvalue weighted by molar-refractivity contribution is 6.86. The molecule has 0 heterocycles. The normalized spacial score (nSPS) is 20.6. The van der Waals surface area contributed by atoms with Crippen LogP contribution in [0, 0.1) is 109 Å². The van der Waals surface area contributed by atoms with Gasteiger partial charge in [0.25, 0.3) is 0 Å². The van der Waals surface area contributed by atoms with Gasteiger partial charge >= 0.3 is 11.9 Å². The van der Waals surface area contributed by atoms with Gasteiger partial charge in [0, 0.05) is 16.5 Å². The predicted molar refractivity (Wildman–Crippen MR) is 142 cm³/mol. The van der Waals surface area contributed by atoms with Gasteiger partial charge in [-0.05, 0) is 35.4 Å². The van der Waals surface area contributed by atoms with Crippen molar-refractivity contribution >= 4 is 29.6 Å². The highest BCUT2D eigenvalue weighted by atomic mass is 19.2. The number of carbonyl (C=O) groups excluding carboxylic acids is 2. The summed E-state index contributed by atoms with van der Waals surface area (Å²) in [4.78, 5) is 26.2. The molecular formula is C31H18BF15O4. The lowest BCUT2D eigenvalue weighted by Crippen LogP contribution is -2.58. The summed E-state index contributed by atoms with van der Waals surface area (Å²) < 4.78 is 236. The number of rotatable bonds is 7. The van der Waals surface area contributed by atoms with Crippen LogP contribution in [0.3, 0.4) is 0 Å². The zero-order chi connectivity index (χ0) is 38.6. The van der Waals surface area contributed by atoms with E-state index in [4.69, 9.17) is 0 Å². The molecule has 0 aliphatic heterocycles. The number of halogens is 15. The number of carbonyl (C=O) groups is 2. The molecule has 0 amide bonds. The van der Waals surface area contributed by atoms with Gasteiger partial charge in [-0.2, -0.15) is 0 Å². The molecule has 3 aromatic carbocycles. The van der Waals surface area contributed by atoms with Crippen LogP contribution in [0.2, 0.25) is 0 Å². The van der Waals surface area contributed by atoms with E-state index in [1.54, 1.807) is 0 Å². The van der Waals surface area contributed by atoms with E-state index in [9.17, 15) is 49.1 Å². The number of methoxy groups -OCH3 is 2. The maximum atomic E-state index is 15.9. The van der Waals surface area contributed by atoms with E-state index in [2.05, 4.69) is 9.47 Å². The van der Waals surface area contributed by atoms with Crippen LogP contribution in [0.5, 0.6) is 0 Å². The SMILES string of the molecule is COC(=O)C1(C(=O)OC)CC2C(C)(C)C2(C(B(c2c(F)c(F)c(F)c(F)c2F)c2c(F)c(F)c(F)c(F)c2F)c2c(F)c(F)c(F)c(F)c2F)C1. The third-order valence-corrected chi connectivity index (χ3v) is 10.5. The summed E-state index contributed by atoms with van der Waals surface area (Å²) >= 11 is 0. The smallest absolute Gasteiger partial charge is 0.323 e. The van der Waals surface area contributed by atoms with Gasteiger partial charge in [-0.3, -0.25) is 9.59 Å². The zero-order valence-corrected chi connectivity index (χ0v) is 25.9. The molecule has 0 N–H and O–H groups in total. The first-order chi connectivity index (χ1) is 23.5. The molecule has 20 heteroatoms. The minimum absolute atomic E-state index is 0.711. The lowest BCUT2D eigenvalue weighted by atomic mass is 9.28. The van der Waals surface area contributed by atoms with Crippen molar-refractivity contribution in [3.8, 4) is 0 Å². The van der Waals surface area contributed by atoms with E-state index in [1.165, 1.54) is 0 Å². The summed E-state index contributed by atoms with van der Waals surface area (Å²) in [7, 11) is 1.42. The number of benzene rings is 3. The van der Waals surface area contributed by atoms with Crippen LogP contribution in [0.1, 0.15) is 38.1 Å². The van der Waals surface area contributed by atoms with Crippen LogP contribution in [-0.2, 0) is 19.1 Å². The summed E-state index contributed by atoms with van der Waals surface area (Å²) in [5, 5.41) is 0. The fraction of sp³-hybridized carbons (Fsp3) is 0.355. The Balaban J connectivity index is 2.09. The molecule has 274 valence electrons. The van der Waals surface area contributed by atoms with Crippen LogP contribution >= 0.6 is 0 Å². The Hall–Kier alpha value is -4.39. The molecule has 4 nitrogen and oxygen atoms in total. The second-order valence-corrected chi connectivity index (χ2v) is 12.7. The molecule has 0 spiro atoms. The maximum Gasteiger partial charge on any atom is 0.323 e. The Bertz CT molecular complexity index is 1880. The number of hydrogen-bond acceptors (Lipinski definition) is 4. The topological polar surface area (TPSA) is 52.6 Å². The van der Waals surface area contributed by atoms with E-state index < -0.39 is 163 Å². The summed E-state index contributed by atoms with van der Waals surface area (Å²) in [6, 6.07) is 0. The van der Waals surface area contributed by atoms with Crippen LogP contribution in [0.25, 0.3) is 0 Å². The molecule has 3 aromatic rings. The Morgan fingerprint density at radius 3 is 1.16 bits per heavy atom. The van der Waals surface area contributed by atoms with Crippen molar-refractivity contribution in [1.82, 2.24) is 0 Å². The Morgan fingerprint density at radius 1 is 0.549 bits per heavy atom. The van der Waals surface area contributed by atoms with Crippen molar-refractivity contribution < 1.29 is 84.9 Å². The lowest BCUT2D eigenvalue weighted by molar-refractivity contribution is -0.170. The van der Waals surface area contributed by atoms with E-state index in [0.29, 0.717) is 14.2 Å². The molecule has 2 fully saturated rings. The van der Waals surface area contributed by atoms with Crippen molar-refractivity contribution in [2.75, 3.05) is 14.2 Å². The third kappa shape index (κ3) is 4.72. The van der Waals surface area contributed by atoms with Crippen molar-refractivity contribution in [2.45, 2.75) is 32.5 Å². The molecule has 3 unspecified atom stereocenters. The molecule has 2 aliphatic carbocycles. The van der Waals surface area contributed by atoms with Crippen molar-refractivity contribution in [3.63, 3.8) is 0 Å². The van der Waals surface area contributed by atoms with Gasteiger partial charge in [0.2, 0.25) is 12.5 Å². The number of fused-ring (bicyclic) bond motifs is 1. The highest BCUT2D eigenvalue weighted by Crippen LogP contribution is 2.85. The average Bonchev–Trinajstić information content (AvgIpc) is 3.35. The van der Waals surface area contributed by atoms with Crippen molar-refractivity contribution in [3.05, 3.63) is 92.8 Å². The predicted octanol–water partition coefficient (Wildman–Crippen LogP) is 6.47. The molecule has 0 bridgehead atoms. The van der Waals surface area contributed by atoms with Gasteiger partial charge in [0.1, 0.15) is 0 Å². The molecule has 2 saturated carbocycles. The molecular weight excluding hydrogens is 732 g/mol. The van der Waals surface area contributed by atoms with Crippen LogP contribution < -0.4 is 10.9 Å². The fourth-order valence-corrected chi connectivity index (χ4v) is 8.11. The lowest BCUT2D eigenvalue weighted by Gasteiger charge is -2.39. The van der Waals surface area contributed by atoms with Crippen molar-refractivity contribution in [1.29, 1.82) is 0 Å². The van der Waals surface area contributed by atoms with Crippen LogP contribution in [0.4, 0.5) is 65.9 Å². The van der Waals surface area contributed by atoms with Gasteiger partial charge < -0.3 is 9.47 Å². The molecule has 0 radical (unpaired) electrons. The van der Waals surface area contributed by atoms with Crippen LogP contribution in [0.15, 0.2) is 0 Å². The van der Waals surface area contributed by atoms with Gasteiger partial charge in [-0.25, -0.2) is 65.9 Å². The molecule has 0 saturated heterocycles. The van der Waals surface area contributed by atoms with Gasteiger partial charge in [-0.15, -0.1) is 0 Å². The molecule has 0 aromatic heterocycles. The largest absolute Gasteiger partial charge is 0.468 e. The number of ether oxygens (including phenoxy) is 2. The minimum Gasteiger partial charge on any atom is -0.468 e. The Morgan fingerprint density at radius 2 is 0.843 bits per heavy atom. The first kappa shape index (κ1) is 37.9. The molecule has 2 aliphatic rings. The first-order valence-electron chi connectivity index (χ1n) is 14.3. The first-order valence-corrected chi connectivity index (χ1v) is 14.3. The maximum absolute atomic E-state index is 15.9. The minimum atomic E-state index is -3.76. The Labute approximate surface area is 276 Å². The fourth-order valence-electron chi connectivity index (χ4n) is 8.11. The molecule has 5 rings (SSSR count). The third-order valence-electron chi connectivity index (χ3n) is 10.5. The monoisotopic (exact) mass is 750 g/mol. The van der Waals surface area contributed by atoms with Gasteiger partial charge in [0.05, 0.1) is 14.2 Å². The number of hydrogen-bond donors (Lipinski definition) is 0. The van der Waals surface area contributed by atoms with E-state index in [1.807, 2.05) is 0 Å². The van der Waals surface area contributed by atoms with E-state index in [-0.39, 0.29) is 0 Å². The van der Waals surface area contributed by atoms with Crippen molar-refractivity contribution in [2.24, 2.45) is 22.2 Å². The highest BCUT2D eigenvalue weighted by Gasteiger charge is 2.84.